The van der Waals surface area contributed by atoms with Crippen LogP contribution in [-0.4, -0.2) is 39.6 Å². The maximum Gasteiger partial charge on any atom is 0.173 e. The Hall–Kier alpha value is -7.82. The van der Waals surface area contributed by atoms with E-state index in [0.717, 1.165) is 59.9 Å². The number of aromatic nitrogens is 4. The molecule has 30 rings (SSSR count). The molecule has 0 saturated heterocycles. The zero-order valence-electron chi connectivity index (χ0n) is 52.8. The van der Waals surface area contributed by atoms with Crippen molar-refractivity contribution in [2.45, 2.75) is 52.6 Å². The van der Waals surface area contributed by atoms with E-state index in [1.54, 1.807) is 0 Å². The summed E-state index contributed by atoms with van der Waals surface area (Å²) in [6, 6.07) is 59.8. The summed E-state index contributed by atoms with van der Waals surface area (Å²) < 4.78 is 280. The van der Waals surface area contributed by atoms with Gasteiger partial charge in [0.1, 0.15) is 24.7 Å². The molecule has 0 amide bonds. The number of halogens is 24. The van der Waals surface area contributed by atoms with Crippen LogP contribution in [0.25, 0.3) is 22.3 Å². The van der Waals surface area contributed by atoms with Crippen LogP contribution in [0.15, 0.2) is 219 Å². The Kier molecular flexibility index (Phi) is 24.5. The smallest absolute Gasteiger partial charge is 0.173 e. The molecule has 18 bridgehead atoms. The maximum absolute atomic E-state index is 10.7. The molecule has 0 spiro atoms. The summed E-state index contributed by atoms with van der Waals surface area (Å²) in [4.78, 5) is 0. The molecular weight excluding hydrogens is 1500 g/mol. The standard InChI is InChI=1S/C36H32N4.C28H32O6.4F6P/c1-2-30-4-3-29(1)25-37-17-9-33(10-18-37)35-13-21-39(22-14-35)27-31-5-7-32(8-6-31)28-40-23-15-36(16-24-40)34-11-19-38(26-30)20-12-34;1-2-26-4-3-25(1)21-33-27-9-5-23(6-10-27)19-31-17-15-29-13-14-30-16-18-32-20-24-7-11-28(12-8-24)34-22-26;4*1-7(2,3,4,5)6/h1-24H,25-28H2;1-12H,13-22H2;;;;/q+4;;4*-1. The topological polar surface area (TPSA) is 70.9 Å². The molecule has 4 aromatic heterocycles. The van der Waals surface area contributed by atoms with Gasteiger partial charge >= 0.3 is 132 Å². The summed E-state index contributed by atoms with van der Waals surface area (Å²) in [6.45, 7) is 8.79. The van der Waals surface area contributed by atoms with Crippen molar-refractivity contribution in [3.8, 4) is 33.8 Å². The molecule has 0 radical (unpaired) electrons. The van der Waals surface area contributed by atoms with Gasteiger partial charge in [0.05, 0.1) is 52.9 Å². The van der Waals surface area contributed by atoms with Gasteiger partial charge in [0.25, 0.3) is 0 Å². The maximum atomic E-state index is 9.87. The Morgan fingerprint density at radius 2 is 0.353 bits per heavy atom. The molecule has 38 heteroatoms. The summed E-state index contributed by atoms with van der Waals surface area (Å²) in [6.07, 6.45) is 17.4. The molecular formula is C64H64F24N4O6P4. The van der Waals surface area contributed by atoms with E-state index in [4.69, 9.17) is 28.4 Å². The Labute approximate surface area is 566 Å². The Morgan fingerprint density at radius 1 is 0.196 bits per heavy atom. The van der Waals surface area contributed by atoms with Crippen LogP contribution in [0.4, 0.5) is 101 Å². The second-order valence-corrected chi connectivity index (χ2v) is 30.2. The van der Waals surface area contributed by atoms with Crippen molar-refractivity contribution in [1.82, 2.24) is 0 Å². The van der Waals surface area contributed by atoms with E-state index in [1.807, 2.05) is 48.5 Å². The zero-order valence-corrected chi connectivity index (χ0v) is 56.4. The van der Waals surface area contributed by atoms with Gasteiger partial charge in [-0.1, -0.05) is 97.1 Å². The van der Waals surface area contributed by atoms with Crippen molar-refractivity contribution >= 4 is 31.2 Å². The molecule has 0 N–H and O–H groups in total. The average molecular weight is 1570 g/mol. The van der Waals surface area contributed by atoms with Crippen LogP contribution < -0.4 is 27.7 Å². The van der Waals surface area contributed by atoms with Gasteiger partial charge in [-0.15, -0.1) is 0 Å². The molecule has 0 saturated carbocycles. The minimum Gasteiger partial charge on any atom is -0.489 e. The van der Waals surface area contributed by atoms with Gasteiger partial charge in [0, 0.05) is 70.8 Å². The van der Waals surface area contributed by atoms with Gasteiger partial charge in [-0.2, -0.15) is 0 Å². The van der Waals surface area contributed by atoms with E-state index in [2.05, 4.69) is 189 Å². The van der Waals surface area contributed by atoms with Crippen molar-refractivity contribution in [3.05, 3.63) is 264 Å². The number of benzene rings is 5. The van der Waals surface area contributed by atoms with E-state index in [1.165, 1.54) is 44.5 Å². The molecule has 21 aliphatic heterocycles. The third-order valence-electron chi connectivity index (χ3n) is 13.1. The van der Waals surface area contributed by atoms with Crippen LogP contribution in [0.1, 0.15) is 44.5 Å². The van der Waals surface area contributed by atoms with E-state index < -0.39 is 31.2 Å². The first-order valence-corrected chi connectivity index (χ1v) is 37.7. The number of rotatable bonds is 0. The first kappa shape index (κ1) is 83.1. The molecule has 102 heavy (non-hydrogen) atoms. The normalized spacial score (nSPS) is 16.9. The summed E-state index contributed by atoms with van der Waals surface area (Å²) >= 11 is 0. The molecule has 564 valence electrons. The first-order chi connectivity index (χ1) is 46.4. The van der Waals surface area contributed by atoms with Crippen molar-refractivity contribution < 1.29 is 147 Å². The molecule has 0 unspecified atom stereocenters. The van der Waals surface area contributed by atoms with Crippen LogP contribution in [0.2, 0.25) is 0 Å². The largest absolute Gasteiger partial charge is 0.489 e. The quantitative estimate of drug-likeness (QED) is 0.0856. The fourth-order valence-electron chi connectivity index (χ4n) is 8.73. The SMILES string of the molecule is F[P-](F)(F)(F)(F)F.F[P-](F)(F)(F)(F)F.F[P-](F)(F)(F)(F)F.F[P-](F)(F)(F)(F)F.c1cc2ccc1COCCOCCOCCOCc1ccc(cc1)OCc1ccc(cc1)CO2.c1cc2ccc1C[n+]1ccc(cc1)-c1cc[n+](cc1)Cc1ccc(cc1)C[n+]1ccc(cc1)-c1cc[n+](cc1)C2. The Bertz CT molecular complexity index is 3620. The molecule has 0 fully saturated rings. The number of ether oxygens (including phenoxy) is 6. The van der Waals surface area contributed by atoms with Crippen LogP contribution >= 0.6 is 31.2 Å². The predicted octanol–water partition coefficient (Wildman–Crippen LogP) is 23.1. The Morgan fingerprint density at radius 3 is 0.549 bits per heavy atom. The van der Waals surface area contributed by atoms with E-state index in [9.17, 15) is 101 Å². The second-order valence-electron chi connectivity index (χ2n) is 22.5. The van der Waals surface area contributed by atoms with E-state index in [-0.39, 0.29) is 0 Å². The van der Waals surface area contributed by atoms with Crippen molar-refractivity contribution in [2.24, 2.45) is 0 Å². The number of hydrogen-bond donors (Lipinski definition) is 0. The molecule has 10 nitrogen and oxygen atoms in total. The predicted molar refractivity (Wildman–Crippen MR) is 337 cm³/mol. The summed E-state index contributed by atoms with van der Waals surface area (Å²) in [5.41, 5.74) is 14.5. The van der Waals surface area contributed by atoms with Crippen LogP contribution in [0.3, 0.4) is 0 Å². The monoisotopic (exact) mass is 1560 g/mol. The fraction of sp³-hybridized carbons (Fsp3) is 0.219. The summed E-state index contributed by atoms with van der Waals surface area (Å²) in [7, 11) is -42.6. The van der Waals surface area contributed by atoms with E-state index in [0.29, 0.717) is 66.1 Å². The van der Waals surface area contributed by atoms with Crippen molar-refractivity contribution in [2.75, 3.05) is 39.6 Å². The van der Waals surface area contributed by atoms with Crippen LogP contribution in [-0.2, 0) is 71.6 Å². The van der Waals surface area contributed by atoms with Gasteiger partial charge in [-0.3, -0.25) is 0 Å². The minimum atomic E-state index is -10.7. The minimum absolute atomic E-state index is 0.515. The molecule has 0 atom stereocenters. The van der Waals surface area contributed by atoms with Gasteiger partial charge in [0.15, 0.2) is 75.8 Å². The Balaban J connectivity index is 0.000000235. The molecule has 0 aliphatic carbocycles. The molecule has 21 aliphatic rings. The average Bonchev–Trinajstić information content (AvgIpc) is 0.804. The van der Waals surface area contributed by atoms with Crippen molar-refractivity contribution in [1.29, 1.82) is 0 Å². The molecule has 5 aromatic carbocycles. The van der Waals surface area contributed by atoms with Crippen LogP contribution in [0.5, 0.6) is 11.5 Å². The number of fused-ring (bicyclic) bond motifs is 1. The molecule has 25 heterocycles. The van der Waals surface area contributed by atoms with Gasteiger partial charge < -0.3 is 28.4 Å². The number of hydrogen-bond acceptors (Lipinski definition) is 6. The second kappa shape index (κ2) is 30.1. The first-order valence-electron chi connectivity index (χ1n) is 29.6. The van der Waals surface area contributed by atoms with Gasteiger partial charge in [-0.05, 0) is 68.8 Å². The van der Waals surface area contributed by atoms with Gasteiger partial charge in [-0.25, -0.2) is 18.3 Å². The van der Waals surface area contributed by atoms with Gasteiger partial charge in [0.2, 0.25) is 0 Å². The number of nitrogens with zero attached hydrogens (tertiary/aromatic N) is 4. The third-order valence-corrected chi connectivity index (χ3v) is 13.1. The summed E-state index contributed by atoms with van der Waals surface area (Å²) in [5.74, 6) is 1.67. The fourth-order valence-corrected chi connectivity index (χ4v) is 8.73. The van der Waals surface area contributed by atoms with E-state index >= 15 is 0 Å². The zero-order chi connectivity index (χ0) is 75.6. The third kappa shape index (κ3) is 44.5. The van der Waals surface area contributed by atoms with Crippen molar-refractivity contribution in [3.63, 3.8) is 0 Å². The summed E-state index contributed by atoms with van der Waals surface area (Å²) in [5, 5.41) is 0. The number of pyridine rings is 4. The van der Waals surface area contributed by atoms with Crippen LogP contribution in [0, 0.1) is 0 Å². The molecule has 9 aromatic rings.